The Labute approximate surface area is 91.5 Å². The average Bonchev–Trinajstić information content (AvgIpc) is 2.28. The molecule has 0 radical (unpaired) electrons. The van der Waals surface area contributed by atoms with Crippen LogP contribution in [0.1, 0.15) is 32.3 Å². The van der Waals surface area contributed by atoms with Gasteiger partial charge in [-0.3, -0.25) is 0 Å². The van der Waals surface area contributed by atoms with Crippen molar-refractivity contribution in [2.75, 3.05) is 0 Å². The zero-order valence-electron chi connectivity index (χ0n) is 9.36. The lowest BCUT2D eigenvalue weighted by Gasteiger charge is -2.10. The minimum absolute atomic E-state index is 0.331. The number of hydrogen-bond acceptors (Lipinski definition) is 2. The molecule has 0 saturated heterocycles. The van der Waals surface area contributed by atoms with Crippen LogP contribution in [0, 0.1) is 11.3 Å². The quantitative estimate of drug-likeness (QED) is 0.735. The van der Waals surface area contributed by atoms with E-state index in [2.05, 4.69) is 25.1 Å². The molecule has 80 valence electrons. The minimum Gasteiger partial charge on any atom is -0.476 e. The molecule has 0 heterocycles. The molecule has 0 bridgehead atoms. The number of aryl methyl sites for hydroxylation is 1. The standard InChI is InChI=1S/C13H17NO/c1-3-5-11-6-8-13(9-7-11)15-12(4-2)10-14/h6-9,12H,3-5H2,1-2H3. The molecule has 0 aromatic heterocycles. The molecular formula is C13H17NO. The van der Waals surface area contributed by atoms with E-state index in [0.29, 0.717) is 6.42 Å². The van der Waals surface area contributed by atoms with Crippen molar-refractivity contribution in [3.05, 3.63) is 29.8 Å². The predicted octanol–water partition coefficient (Wildman–Crippen LogP) is 3.32. The second-order valence-corrected chi connectivity index (χ2v) is 3.54. The summed E-state index contributed by atoms with van der Waals surface area (Å²) < 4.78 is 5.48. The summed E-state index contributed by atoms with van der Waals surface area (Å²) in [6.07, 6.45) is 2.63. The Hall–Kier alpha value is -1.49. The highest BCUT2D eigenvalue weighted by atomic mass is 16.5. The fourth-order valence-electron chi connectivity index (χ4n) is 1.39. The second-order valence-electron chi connectivity index (χ2n) is 3.54. The normalized spacial score (nSPS) is 11.8. The first kappa shape index (κ1) is 11.6. The van der Waals surface area contributed by atoms with Gasteiger partial charge < -0.3 is 4.74 Å². The fraction of sp³-hybridized carbons (Fsp3) is 0.462. The van der Waals surface area contributed by atoms with Gasteiger partial charge in [-0.15, -0.1) is 0 Å². The molecule has 1 rings (SSSR count). The molecule has 0 aliphatic rings. The molecule has 0 aliphatic carbocycles. The van der Waals surface area contributed by atoms with Gasteiger partial charge in [-0.25, -0.2) is 0 Å². The van der Waals surface area contributed by atoms with Crippen molar-refractivity contribution in [2.24, 2.45) is 0 Å². The molecule has 0 aliphatic heterocycles. The highest BCUT2D eigenvalue weighted by Gasteiger charge is 2.05. The maximum absolute atomic E-state index is 8.75. The molecule has 1 atom stereocenters. The molecule has 1 unspecified atom stereocenters. The number of hydrogen-bond donors (Lipinski definition) is 0. The Morgan fingerprint density at radius 3 is 2.40 bits per heavy atom. The van der Waals surface area contributed by atoms with Crippen LogP contribution < -0.4 is 4.74 Å². The zero-order chi connectivity index (χ0) is 11.1. The van der Waals surface area contributed by atoms with E-state index in [4.69, 9.17) is 10.00 Å². The molecule has 0 spiro atoms. The van der Waals surface area contributed by atoms with Crippen LogP contribution in [0.4, 0.5) is 0 Å². The van der Waals surface area contributed by atoms with E-state index in [1.54, 1.807) is 0 Å². The zero-order valence-corrected chi connectivity index (χ0v) is 9.36. The Morgan fingerprint density at radius 2 is 1.93 bits per heavy atom. The highest BCUT2D eigenvalue weighted by molar-refractivity contribution is 5.27. The predicted molar refractivity (Wildman–Crippen MR) is 60.8 cm³/mol. The van der Waals surface area contributed by atoms with E-state index in [9.17, 15) is 0 Å². The monoisotopic (exact) mass is 203 g/mol. The van der Waals surface area contributed by atoms with E-state index in [1.165, 1.54) is 5.56 Å². The first-order valence-electron chi connectivity index (χ1n) is 5.45. The lowest BCUT2D eigenvalue weighted by Crippen LogP contribution is -2.11. The summed E-state index contributed by atoms with van der Waals surface area (Å²) in [6.45, 7) is 4.10. The number of ether oxygens (including phenoxy) is 1. The Bertz CT molecular complexity index is 323. The van der Waals surface area contributed by atoms with Gasteiger partial charge in [0, 0.05) is 0 Å². The summed E-state index contributed by atoms with van der Waals surface area (Å²) in [5.74, 6) is 0.781. The molecule has 0 fully saturated rings. The molecule has 1 aromatic carbocycles. The van der Waals surface area contributed by atoms with Crippen LogP contribution in [0.2, 0.25) is 0 Å². The number of rotatable bonds is 5. The smallest absolute Gasteiger partial charge is 0.184 e. The topological polar surface area (TPSA) is 33.0 Å². The maximum atomic E-state index is 8.75. The number of benzene rings is 1. The first-order chi connectivity index (χ1) is 7.30. The maximum Gasteiger partial charge on any atom is 0.184 e. The molecule has 2 heteroatoms. The van der Waals surface area contributed by atoms with Gasteiger partial charge in [-0.1, -0.05) is 32.4 Å². The summed E-state index contributed by atoms with van der Waals surface area (Å²) in [5.41, 5.74) is 1.31. The molecule has 0 N–H and O–H groups in total. The SMILES string of the molecule is CCCc1ccc(OC(C#N)CC)cc1. The second kappa shape index (κ2) is 6.08. The summed E-state index contributed by atoms with van der Waals surface area (Å²) in [4.78, 5) is 0. The van der Waals surface area contributed by atoms with Gasteiger partial charge in [0.05, 0.1) is 0 Å². The lowest BCUT2D eigenvalue weighted by molar-refractivity contribution is 0.252. The third-order valence-corrected chi connectivity index (χ3v) is 2.26. The van der Waals surface area contributed by atoms with E-state index in [-0.39, 0.29) is 6.10 Å². The highest BCUT2D eigenvalue weighted by Crippen LogP contribution is 2.15. The van der Waals surface area contributed by atoms with Crippen LogP contribution in [0.15, 0.2) is 24.3 Å². The molecule has 0 saturated carbocycles. The summed E-state index contributed by atoms with van der Waals surface area (Å²) in [6, 6.07) is 10.1. The van der Waals surface area contributed by atoms with Gasteiger partial charge in [0.1, 0.15) is 11.8 Å². The van der Waals surface area contributed by atoms with Crippen LogP contribution in [0.5, 0.6) is 5.75 Å². The molecular weight excluding hydrogens is 186 g/mol. The molecule has 2 nitrogen and oxygen atoms in total. The van der Waals surface area contributed by atoms with Crippen molar-refractivity contribution in [3.63, 3.8) is 0 Å². The molecule has 15 heavy (non-hydrogen) atoms. The van der Waals surface area contributed by atoms with Crippen molar-refractivity contribution in [1.29, 1.82) is 5.26 Å². The van der Waals surface area contributed by atoms with Crippen LogP contribution >= 0.6 is 0 Å². The lowest BCUT2D eigenvalue weighted by atomic mass is 10.1. The van der Waals surface area contributed by atoms with Gasteiger partial charge in [0.2, 0.25) is 0 Å². The van der Waals surface area contributed by atoms with Gasteiger partial charge in [0.15, 0.2) is 6.10 Å². The van der Waals surface area contributed by atoms with Crippen LogP contribution in [0.3, 0.4) is 0 Å². The third kappa shape index (κ3) is 3.63. The van der Waals surface area contributed by atoms with Crippen molar-refractivity contribution < 1.29 is 4.74 Å². The van der Waals surface area contributed by atoms with E-state index >= 15 is 0 Å². The average molecular weight is 203 g/mol. The number of nitrogens with zero attached hydrogens (tertiary/aromatic N) is 1. The number of nitriles is 1. The van der Waals surface area contributed by atoms with E-state index in [1.807, 2.05) is 19.1 Å². The van der Waals surface area contributed by atoms with E-state index in [0.717, 1.165) is 18.6 Å². The Morgan fingerprint density at radius 1 is 1.27 bits per heavy atom. The van der Waals surface area contributed by atoms with E-state index < -0.39 is 0 Å². The Kier molecular flexibility index (Phi) is 4.70. The van der Waals surface area contributed by atoms with Gasteiger partial charge >= 0.3 is 0 Å². The Balaban J connectivity index is 2.60. The van der Waals surface area contributed by atoms with Gasteiger partial charge in [-0.05, 0) is 30.5 Å². The van der Waals surface area contributed by atoms with Crippen LogP contribution in [0.25, 0.3) is 0 Å². The largest absolute Gasteiger partial charge is 0.476 e. The molecule has 0 amide bonds. The third-order valence-electron chi connectivity index (χ3n) is 2.26. The minimum atomic E-state index is -0.331. The van der Waals surface area contributed by atoms with Crippen LogP contribution in [-0.2, 0) is 6.42 Å². The van der Waals surface area contributed by atoms with Crippen LogP contribution in [-0.4, -0.2) is 6.10 Å². The van der Waals surface area contributed by atoms with Crippen molar-refractivity contribution in [3.8, 4) is 11.8 Å². The first-order valence-corrected chi connectivity index (χ1v) is 5.45. The summed E-state index contributed by atoms with van der Waals surface area (Å²) >= 11 is 0. The van der Waals surface area contributed by atoms with Crippen molar-refractivity contribution in [2.45, 2.75) is 39.2 Å². The summed E-state index contributed by atoms with van der Waals surface area (Å²) in [7, 11) is 0. The fourth-order valence-corrected chi connectivity index (χ4v) is 1.39. The van der Waals surface area contributed by atoms with Crippen molar-refractivity contribution in [1.82, 2.24) is 0 Å². The van der Waals surface area contributed by atoms with Crippen molar-refractivity contribution >= 4 is 0 Å². The summed E-state index contributed by atoms with van der Waals surface area (Å²) in [5, 5.41) is 8.75. The van der Waals surface area contributed by atoms with Gasteiger partial charge in [-0.2, -0.15) is 5.26 Å². The van der Waals surface area contributed by atoms with Gasteiger partial charge in [0.25, 0.3) is 0 Å². The molecule has 1 aromatic rings.